The third-order valence-electron chi connectivity index (χ3n) is 3.81. The zero-order valence-corrected chi connectivity index (χ0v) is 16.7. The van der Waals surface area contributed by atoms with Gasteiger partial charge in [0.05, 0.1) is 20.8 Å². The molecule has 160 valence electrons. The minimum Gasteiger partial charge on any atom is -0.469 e. The molecule has 0 aromatic heterocycles. The Bertz CT molecular complexity index is 682. The van der Waals surface area contributed by atoms with E-state index in [1.165, 1.54) is 14.2 Å². The molecule has 0 spiro atoms. The lowest BCUT2D eigenvalue weighted by molar-refractivity contribution is -0.144. The number of methoxy groups -OCH3 is 2. The van der Waals surface area contributed by atoms with Crippen LogP contribution >= 0.6 is 0 Å². The standard InChI is InChI=1S/C19H27N3O7/c1-4-29-19(26)22-15(12-13-8-6-5-7-9-13)21-18(25)20-14(17(24)28-3)10-11-16(23)27-2/h5-9,14-15H,4,10-12H2,1-3H3,(H,22,26)(H2,20,21,25)/t14-,15-/m0/s1. The molecule has 3 amide bonds. The molecule has 10 nitrogen and oxygen atoms in total. The Morgan fingerprint density at radius 3 is 2.24 bits per heavy atom. The fourth-order valence-electron chi connectivity index (χ4n) is 2.42. The van der Waals surface area contributed by atoms with E-state index in [9.17, 15) is 19.2 Å². The van der Waals surface area contributed by atoms with Crippen LogP contribution in [0.1, 0.15) is 25.3 Å². The fraction of sp³-hybridized carbons (Fsp3) is 0.474. The van der Waals surface area contributed by atoms with Crippen LogP contribution in [0.2, 0.25) is 0 Å². The molecule has 0 aliphatic rings. The van der Waals surface area contributed by atoms with Crippen molar-refractivity contribution in [1.29, 1.82) is 0 Å². The number of esters is 2. The highest BCUT2D eigenvalue weighted by atomic mass is 16.5. The van der Waals surface area contributed by atoms with Crippen LogP contribution in [0.3, 0.4) is 0 Å². The van der Waals surface area contributed by atoms with Crippen LogP contribution in [-0.4, -0.2) is 57.1 Å². The van der Waals surface area contributed by atoms with Crippen molar-refractivity contribution in [2.75, 3.05) is 20.8 Å². The summed E-state index contributed by atoms with van der Waals surface area (Å²) in [5.74, 6) is -1.23. The second-order valence-electron chi connectivity index (χ2n) is 5.92. The van der Waals surface area contributed by atoms with Crippen LogP contribution < -0.4 is 16.0 Å². The van der Waals surface area contributed by atoms with E-state index in [-0.39, 0.29) is 25.9 Å². The van der Waals surface area contributed by atoms with E-state index in [1.54, 1.807) is 6.92 Å². The summed E-state index contributed by atoms with van der Waals surface area (Å²) in [5, 5.41) is 7.57. The van der Waals surface area contributed by atoms with Gasteiger partial charge in [0, 0.05) is 12.8 Å². The SMILES string of the molecule is CCOC(=O)N[C@@H](Cc1ccccc1)NC(=O)N[C@@H](CCC(=O)OC)C(=O)OC. The topological polar surface area (TPSA) is 132 Å². The molecule has 1 rings (SSSR count). The van der Waals surface area contributed by atoms with Gasteiger partial charge in [-0.3, -0.25) is 4.79 Å². The number of hydrogen-bond acceptors (Lipinski definition) is 7. The lowest BCUT2D eigenvalue weighted by atomic mass is 10.1. The molecule has 0 saturated carbocycles. The van der Waals surface area contributed by atoms with Gasteiger partial charge in [-0.25, -0.2) is 14.4 Å². The molecule has 10 heteroatoms. The number of nitrogens with one attached hydrogen (secondary N) is 3. The summed E-state index contributed by atoms with van der Waals surface area (Å²) in [5.41, 5.74) is 0.866. The minimum absolute atomic E-state index is 0.00141. The Morgan fingerprint density at radius 1 is 0.966 bits per heavy atom. The second kappa shape index (κ2) is 13.0. The number of benzene rings is 1. The van der Waals surface area contributed by atoms with Gasteiger partial charge >= 0.3 is 24.1 Å². The molecule has 0 bridgehead atoms. The number of hydrogen-bond donors (Lipinski definition) is 3. The van der Waals surface area contributed by atoms with Gasteiger partial charge in [0.1, 0.15) is 12.2 Å². The molecule has 0 unspecified atom stereocenters. The van der Waals surface area contributed by atoms with E-state index in [0.29, 0.717) is 0 Å². The average Bonchev–Trinajstić information content (AvgIpc) is 2.70. The van der Waals surface area contributed by atoms with E-state index in [4.69, 9.17) is 4.74 Å². The highest BCUT2D eigenvalue weighted by Gasteiger charge is 2.24. The maximum atomic E-state index is 12.4. The average molecular weight is 409 g/mol. The maximum Gasteiger partial charge on any atom is 0.408 e. The molecule has 29 heavy (non-hydrogen) atoms. The van der Waals surface area contributed by atoms with Crippen molar-refractivity contribution in [3.8, 4) is 0 Å². The van der Waals surface area contributed by atoms with Crippen molar-refractivity contribution < 1.29 is 33.4 Å². The Morgan fingerprint density at radius 2 is 1.66 bits per heavy atom. The monoisotopic (exact) mass is 409 g/mol. The van der Waals surface area contributed by atoms with Crippen molar-refractivity contribution >= 4 is 24.1 Å². The highest BCUT2D eigenvalue weighted by molar-refractivity contribution is 5.84. The largest absolute Gasteiger partial charge is 0.469 e. The second-order valence-corrected chi connectivity index (χ2v) is 5.92. The number of urea groups is 1. The van der Waals surface area contributed by atoms with Crippen molar-refractivity contribution in [2.24, 2.45) is 0 Å². The molecule has 0 saturated heterocycles. The van der Waals surface area contributed by atoms with E-state index >= 15 is 0 Å². The summed E-state index contributed by atoms with van der Waals surface area (Å²) in [6.45, 7) is 1.84. The van der Waals surface area contributed by atoms with Crippen LogP contribution in [0.4, 0.5) is 9.59 Å². The van der Waals surface area contributed by atoms with E-state index in [0.717, 1.165) is 5.56 Å². The molecule has 2 atom stereocenters. The predicted octanol–water partition coefficient (Wildman–Crippen LogP) is 1.10. The lowest BCUT2D eigenvalue weighted by Gasteiger charge is -2.22. The van der Waals surface area contributed by atoms with Crippen molar-refractivity contribution in [2.45, 2.75) is 38.4 Å². The molecular weight excluding hydrogens is 382 g/mol. The van der Waals surface area contributed by atoms with Crippen LogP contribution in [-0.2, 0) is 30.2 Å². The first kappa shape index (κ1) is 23.7. The number of ether oxygens (including phenoxy) is 3. The smallest absolute Gasteiger partial charge is 0.408 e. The van der Waals surface area contributed by atoms with Gasteiger partial charge in [0.25, 0.3) is 0 Å². The summed E-state index contributed by atoms with van der Waals surface area (Å²) < 4.78 is 14.0. The van der Waals surface area contributed by atoms with Crippen LogP contribution in [0, 0.1) is 0 Å². The number of carbonyl (C=O) groups excluding carboxylic acids is 4. The molecular formula is C19H27N3O7. The number of carbonyl (C=O) groups is 4. The maximum absolute atomic E-state index is 12.4. The van der Waals surface area contributed by atoms with Gasteiger partial charge in [-0.05, 0) is 18.9 Å². The van der Waals surface area contributed by atoms with Gasteiger partial charge in [0.2, 0.25) is 0 Å². The van der Waals surface area contributed by atoms with Gasteiger partial charge in [-0.1, -0.05) is 30.3 Å². The van der Waals surface area contributed by atoms with E-state index < -0.39 is 36.3 Å². The third kappa shape index (κ3) is 9.45. The fourth-order valence-corrected chi connectivity index (χ4v) is 2.42. The Labute approximate surface area is 169 Å². The predicted molar refractivity (Wildman–Crippen MR) is 103 cm³/mol. The summed E-state index contributed by atoms with van der Waals surface area (Å²) in [6, 6.07) is 7.41. The van der Waals surface area contributed by atoms with Crippen LogP contribution in [0.15, 0.2) is 30.3 Å². The first-order chi connectivity index (χ1) is 13.9. The van der Waals surface area contributed by atoms with Gasteiger partial charge in [-0.2, -0.15) is 0 Å². The van der Waals surface area contributed by atoms with Gasteiger partial charge < -0.3 is 30.2 Å². The molecule has 1 aromatic rings. The number of amides is 3. The first-order valence-electron chi connectivity index (χ1n) is 9.08. The molecule has 0 aliphatic heterocycles. The lowest BCUT2D eigenvalue weighted by Crippen LogP contribution is -2.55. The molecule has 0 heterocycles. The first-order valence-corrected chi connectivity index (χ1v) is 9.08. The Kier molecular flexibility index (Phi) is 10.6. The highest BCUT2D eigenvalue weighted by Crippen LogP contribution is 2.04. The molecule has 0 fully saturated rings. The Hall–Kier alpha value is -3.30. The zero-order chi connectivity index (χ0) is 21.6. The summed E-state index contributed by atoms with van der Waals surface area (Å²) in [6.07, 6.45) is -1.27. The van der Waals surface area contributed by atoms with Gasteiger partial charge in [0.15, 0.2) is 0 Å². The van der Waals surface area contributed by atoms with Crippen LogP contribution in [0.25, 0.3) is 0 Å². The van der Waals surface area contributed by atoms with Crippen molar-refractivity contribution in [1.82, 2.24) is 16.0 Å². The summed E-state index contributed by atoms with van der Waals surface area (Å²) >= 11 is 0. The number of rotatable bonds is 10. The minimum atomic E-state index is -1.06. The van der Waals surface area contributed by atoms with Gasteiger partial charge in [-0.15, -0.1) is 0 Å². The summed E-state index contributed by atoms with van der Waals surface area (Å²) in [4.78, 5) is 47.4. The molecule has 0 aliphatic carbocycles. The normalized spacial score (nSPS) is 12.1. The Balaban J connectivity index is 2.77. The quantitative estimate of drug-likeness (QED) is 0.299. The molecule has 0 radical (unpaired) electrons. The molecule has 1 aromatic carbocycles. The number of alkyl carbamates (subject to hydrolysis) is 1. The zero-order valence-electron chi connectivity index (χ0n) is 16.7. The summed E-state index contributed by atoms with van der Waals surface area (Å²) in [7, 11) is 2.40. The van der Waals surface area contributed by atoms with Crippen molar-refractivity contribution in [3.63, 3.8) is 0 Å². The van der Waals surface area contributed by atoms with E-state index in [1.807, 2.05) is 30.3 Å². The third-order valence-corrected chi connectivity index (χ3v) is 3.81. The molecule has 3 N–H and O–H groups in total. The van der Waals surface area contributed by atoms with Crippen molar-refractivity contribution in [3.05, 3.63) is 35.9 Å². The van der Waals surface area contributed by atoms with E-state index in [2.05, 4.69) is 25.4 Å². The van der Waals surface area contributed by atoms with Crippen LogP contribution in [0.5, 0.6) is 0 Å².